The highest BCUT2D eigenvalue weighted by atomic mass is 35.5. The Balaban J connectivity index is 1.77. The first-order valence-electron chi connectivity index (χ1n) is 7.39. The quantitative estimate of drug-likeness (QED) is 0.932. The Hall–Kier alpha value is -2.05. The van der Waals surface area contributed by atoms with Crippen molar-refractivity contribution in [1.29, 1.82) is 0 Å². The molecule has 0 radical (unpaired) electrons. The standard InChI is InChI=1S/C16H18ClN3O3/c1-10(7-11-5-3-4-6-12(11)17)13-8-14(18-23-13)20-15(21)9-19(2)16(20)22/h3-6,8,10,15,21H,7,9H2,1-2H3. The Kier molecular flexibility index (Phi) is 4.28. The molecular formula is C16H18ClN3O3. The van der Waals surface area contributed by atoms with Gasteiger partial charge in [0.1, 0.15) is 5.76 Å². The van der Waals surface area contributed by atoms with E-state index in [2.05, 4.69) is 5.16 Å². The van der Waals surface area contributed by atoms with Crippen LogP contribution in [0, 0.1) is 0 Å². The molecule has 2 heterocycles. The number of halogens is 1. The van der Waals surface area contributed by atoms with Crippen LogP contribution in [0.4, 0.5) is 10.6 Å². The van der Waals surface area contributed by atoms with Gasteiger partial charge in [0, 0.05) is 24.1 Å². The molecule has 0 spiro atoms. The summed E-state index contributed by atoms with van der Waals surface area (Å²) in [4.78, 5) is 14.7. The van der Waals surface area contributed by atoms with Crippen molar-refractivity contribution in [3.63, 3.8) is 0 Å². The van der Waals surface area contributed by atoms with E-state index in [1.807, 2.05) is 31.2 Å². The Labute approximate surface area is 139 Å². The van der Waals surface area contributed by atoms with Crippen molar-refractivity contribution in [1.82, 2.24) is 10.1 Å². The van der Waals surface area contributed by atoms with E-state index < -0.39 is 6.23 Å². The molecule has 1 aliphatic rings. The van der Waals surface area contributed by atoms with Gasteiger partial charge in [0.15, 0.2) is 12.0 Å². The molecule has 1 saturated heterocycles. The van der Waals surface area contributed by atoms with Gasteiger partial charge in [-0.2, -0.15) is 0 Å². The molecule has 3 rings (SSSR count). The van der Waals surface area contributed by atoms with Crippen LogP contribution in [-0.4, -0.2) is 41.0 Å². The summed E-state index contributed by atoms with van der Waals surface area (Å²) in [5, 5.41) is 14.6. The zero-order valence-electron chi connectivity index (χ0n) is 12.9. The maximum Gasteiger partial charge on any atom is 0.327 e. The number of carbonyl (C=O) groups is 1. The van der Waals surface area contributed by atoms with Crippen LogP contribution < -0.4 is 4.90 Å². The van der Waals surface area contributed by atoms with Gasteiger partial charge in [0.05, 0.1) is 6.54 Å². The second-order valence-electron chi connectivity index (χ2n) is 5.80. The molecule has 2 amide bonds. The van der Waals surface area contributed by atoms with Crippen LogP contribution in [0.15, 0.2) is 34.9 Å². The third kappa shape index (κ3) is 3.04. The molecule has 6 nitrogen and oxygen atoms in total. The largest absolute Gasteiger partial charge is 0.371 e. The van der Waals surface area contributed by atoms with Gasteiger partial charge in [-0.1, -0.05) is 41.9 Å². The number of aromatic nitrogens is 1. The Morgan fingerprint density at radius 1 is 1.48 bits per heavy atom. The van der Waals surface area contributed by atoms with Crippen molar-refractivity contribution in [2.75, 3.05) is 18.5 Å². The molecule has 122 valence electrons. The van der Waals surface area contributed by atoms with Crippen LogP contribution in [0.2, 0.25) is 5.02 Å². The number of likely N-dealkylation sites (N-methyl/N-ethyl adjacent to an activating group) is 1. The number of carbonyl (C=O) groups excluding carboxylic acids is 1. The van der Waals surface area contributed by atoms with Crippen molar-refractivity contribution >= 4 is 23.4 Å². The predicted molar refractivity (Wildman–Crippen MR) is 86.6 cm³/mol. The maximum absolute atomic E-state index is 12.0. The number of hydrogen-bond acceptors (Lipinski definition) is 4. The molecule has 23 heavy (non-hydrogen) atoms. The van der Waals surface area contributed by atoms with E-state index in [4.69, 9.17) is 16.1 Å². The SMILES string of the molecule is CC(Cc1ccccc1Cl)c1cc(N2C(=O)N(C)CC2O)no1. The third-order valence-corrected chi connectivity index (χ3v) is 4.37. The van der Waals surface area contributed by atoms with Crippen molar-refractivity contribution in [3.05, 3.63) is 46.7 Å². The van der Waals surface area contributed by atoms with E-state index >= 15 is 0 Å². The van der Waals surface area contributed by atoms with E-state index in [1.165, 1.54) is 9.80 Å². The third-order valence-electron chi connectivity index (χ3n) is 4.00. The van der Waals surface area contributed by atoms with Gasteiger partial charge >= 0.3 is 6.03 Å². The van der Waals surface area contributed by atoms with Crippen LogP contribution in [0.5, 0.6) is 0 Å². The lowest BCUT2D eigenvalue weighted by Crippen LogP contribution is -2.34. The second-order valence-corrected chi connectivity index (χ2v) is 6.20. The van der Waals surface area contributed by atoms with Crippen molar-refractivity contribution in [2.45, 2.75) is 25.5 Å². The summed E-state index contributed by atoms with van der Waals surface area (Å²) in [6.45, 7) is 2.25. The monoisotopic (exact) mass is 335 g/mol. The summed E-state index contributed by atoms with van der Waals surface area (Å²) in [6.07, 6.45) is -0.214. The van der Waals surface area contributed by atoms with Crippen molar-refractivity contribution < 1.29 is 14.4 Å². The predicted octanol–water partition coefficient (Wildman–Crippen LogP) is 2.86. The first-order chi connectivity index (χ1) is 11.0. The molecule has 2 unspecified atom stereocenters. The minimum atomic E-state index is -0.913. The number of nitrogens with zero attached hydrogens (tertiary/aromatic N) is 3. The zero-order chi connectivity index (χ0) is 16.6. The maximum atomic E-state index is 12.0. The molecule has 1 aromatic carbocycles. The van der Waals surface area contributed by atoms with Crippen LogP contribution in [0.3, 0.4) is 0 Å². The fourth-order valence-electron chi connectivity index (χ4n) is 2.69. The van der Waals surface area contributed by atoms with E-state index in [-0.39, 0.29) is 18.5 Å². The fraction of sp³-hybridized carbons (Fsp3) is 0.375. The van der Waals surface area contributed by atoms with Gasteiger partial charge in [0.25, 0.3) is 0 Å². The number of rotatable bonds is 4. The van der Waals surface area contributed by atoms with E-state index in [0.717, 1.165) is 5.56 Å². The molecule has 2 atom stereocenters. The highest BCUT2D eigenvalue weighted by Gasteiger charge is 2.37. The molecule has 1 N–H and O–H groups in total. The van der Waals surface area contributed by atoms with E-state index in [9.17, 15) is 9.90 Å². The Morgan fingerprint density at radius 2 is 2.22 bits per heavy atom. The molecule has 0 bridgehead atoms. The first kappa shape index (κ1) is 15.8. The van der Waals surface area contributed by atoms with E-state index in [0.29, 0.717) is 23.0 Å². The first-order valence-corrected chi connectivity index (χ1v) is 7.77. The number of anilines is 1. The number of amides is 2. The summed E-state index contributed by atoms with van der Waals surface area (Å²) < 4.78 is 5.37. The van der Waals surface area contributed by atoms with Crippen LogP contribution in [0.1, 0.15) is 24.2 Å². The smallest absolute Gasteiger partial charge is 0.327 e. The van der Waals surface area contributed by atoms with Crippen molar-refractivity contribution in [3.8, 4) is 0 Å². The summed E-state index contributed by atoms with van der Waals surface area (Å²) in [5.41, 5.74) is 1.02. The molecule has 1 aliphatic heterocycles. The number of benzene rings is 1. The normalized spacial score (nSPS) is 19.5. The number of aliphatic hydroxyl groups is 1. The lowest BCUT2D eigenvalue weighted by Gasteiger charge is -2.14. The topological polar surface area (TPSA) is 69.8 Å². The second kappa shape index (κ2) is 6.22. The summed E-state index contributed by atoms with van der Waals surface area (Å²) >= 11 is 6.18. The minimum absolute atomic E-state index is 0.0451. The minimum Gasteiger partial charge on any atom is -0.371 e. The lowest BCUT2D eigenvalue weighted by molar-refractivity contribution is 0.182. The molecule has 1 aromatic heterocycles. The van der Waals surface area contributed by atoms with E-state index in [1.54, 1.807) is 13.1 Å². The zero-order valence-corrected chi connectivity index (χ0v) is 13.7. The van der Waals surface area contributed by atoms with Gasteiger partial charge in [-0.25, -0.2) is 9.69 Å². The molecule has 0 saturated carbocycles. The number of hydrogen-bond donors (Lipinski definition) is 1. The molecule has 1 fully saturated rings. The van der Waals surface area contributed by atoms with Crippen molar-refractivity contribution in [2.24, 2.45) is 0 Å². The van der Waals surface area contributed by atoms with Crippen LogP contribution in [0.25, 0.3) is 0 Å². The number of β-amino-alcohol motifs (C(OH)–C–C–N with tert-alkyl or cyclic N) is 1. The lowest BCUT2D eigenvalue weighted by atomic mass is 9.99. The Bertz CT molecular complexity index is 718. The molecule has 2 aromatic rings. The molecule has 0 aliphatic carbocycles. The fourth-order valence-corrected chi connectivity index (χ4v) is 2.90. The highest BCUT2D eigenvalue weighted by Crippen LogP contribution is 2.29. The summed E-state index contributed by atoms with van der Waals surface area (Å²) in [7, 11) is 1.63. The van der Waals surface area contributed by atoms with Gasteiger partial charge in [-0.15, -0.1) is 0 Å². The van der Waals surface area contributed by atoms with Crippen LogP contribution >= 0.6 is 11.6 Å². The number of aliphatic hydroxyl groups excluding tert-OH is 1. The average Bonchev–Trinajstić information content (AvgIpc) is 3.07. The summed E-state index contributed by atoms with van der Waals surface area (Å²) in [5.74, 6) is 1.02. The van der Waals surface area contributed by atoms with Gasteiger partial charge in [-0.3, -0.25) is 0 Å². The average molecular weight is 336 g/mol. The molecule has 7 heteroatoms. The highest BCUT2D eigenvalue weighted by molar-refractivity contribution is 6.31. The van der Waals surface area contributed by atoms with Gasteiger partial charge in [0.2, 0.25) is 0 Å². The summed E-state index contributed by atoms with van der Waals surface area (Å²) in [6, 6.07) is 9.05. The van der Waals surface area contributed by atoms with Gasteiger partial charge in [-0.05, 0) is 18.1 Å². The number of urea groups is 1. The molecular weight excluding hydrogens is 318 g/mol. The Morgan fingerprint density at radius 3 is 2.87 bits per heavy atom. The van der Waals surface area contributed by atoms with Crippen LogP contribution in [-0.2, 0) is 6.42 Å². The van der Waals surface area contributed by atoms with Gasteiger partial charge < -0.3 is 14.5 Å².